The summed E-state index contributed by atoms with van der Waals surface area (Å²) in [7, 11) is 0. The van der Waals surface area contributed by atoms with Gasteiger partial charge in [-0.2, -0.15) is 4.98 Å². The van der Waals surface area contributed by atoms with Crippen LogP contribution in [0.4, 0.5) is 17.3 Å². The van der Waals surface area contributed by atoms with Crippen molar-refractivity contribution in [2.75, 3.05) is 36.5 Å². The quantitative estimate of drug-likeness (QED) is 0.469. The molecule has 0 atom stereocenters. The summed E-state index contributed by atoms with van der Waals surface area (Å²) in [6.07, 6.45) is 5.32. The van der Waals surface area contributed by atoms with E-state index in [9.17, 15) is 0 Å². The predicted molar refractivity (Wildman–Crippen MR) is 124 cm³/mol. The Morgan fingerprint density at radius 2 is 1.81 bits per heavy atom. The molecule has 32 heavy (non-hydrogen) atoms. The van der Waals surface area contributed by atoms with Crippen LogP contribution in [0, 0.1) is 0 Å². The molecular formula is C24H21N7O. The standard InChI is InChI=1S/C24H21N7O/c1-2-17-14-18(3-8-21(17)26-9-1)22-15-25-16-23-28-24(29-31(22)23)27-19-4-6-20(7-5-19)30-10-12-32-13-11-30/h1-9,14-16H,10-13H2,(H,27,29). The Morgan fingerprint density at radius 3 is 2.69 bits per heavy atom. The zero-order chi connectivity index (χ0) is 21.3. The van der Waals surface area contributed by atoms with Crippen LogP contribution in [0.15, 0.2) is 73.2 Å². The molecule has 0 spiro atoms. The van der Waals surface area contributed by atoms with E-state index in [1.165, 1.54) is 5.69 Å². The number of nitrogens with zero attached hydrogens (tertiary/aromatic N) is 6. The van der Waals surface area contributed by atoms with Gasteiger partial charge in [0, 0.05) is 41.6 Å². The van der Waals surface area contributed by atoms with Gasteiger partial charge in [0.05, 0.1) is 36.8 Å². The van der Waals surface area contributed by atoms with Crippen molar-refractivity contribution in [2.45, 2.75) is 0 Å². The van der Waals surface area contributed by atoms with Gasteiger partial charge in [-0.3, -0.25) is 9.97 Å². The van der Waals surface area contributed by atoms with Crippen LogP contribution in [0.3, 0.4) is 0 Å². The lowest BCUT2D eigenvalue weighted by Crippen LogP contribution is -2.36. The molecule has 8 heteroatoms. The van der Waals surface area contributed by atoms with Gasteiger partial charge in [0.2, 0.25) is 5.95 Å². The lowest BCUT2D eigenvalue weighted by Gasteiger charge is -2.28. The van der Waals surface area contributed by atoms with Crippen LogP contribution in [0.25, 0.3) is 27.8 Å². The van der Waals surface area contributed by atoms with Crippen LogP contribution < -0.4 is 10.2 Å². The number of aromatic nitrogens is 5. The molecule has 1 fully saturated rings. The first-order chi connectivity index (χ1) is 15.8. The van der Waals surface area contributed by atoms with Crippen molar-refractivity contribution >= 4 is 33.9 Å². The second kappa shape index (κ2) is 7.90. The maximum atomic E-state index is 5.43. The molecule has 0 aliphatic carbocycles. The third kappa shape index (κ3) is 3.50. The fourth-order valence-corrected chi connectivity index (χ4v) is 4.01. The Kier molecular flexibility index (Phi) is 4.62. The van der Waals surface area contributed by atoms with Crippen molar-refractivity contribution in [3.8, 4) is 11.3 Å². The van der Waals surface area contributed by atoms with Gasteiger partial charge in [-0.05, 0) is 42.5 Å². The molecule has 1 N–H and O–H groups in total. The molecule has 1 aliphatic heterocycles. The second-order valence-corrected chi connectivity index (χ2v) is 7.68. The summed E-state index contributed by atoms with van der Waals surface area (Å²) in [5.41, 5.74) is 5.65. The molecule has 1 saturated heterocycles. The van der Waals surface area contributed by atoms with E-state index < -0.39 is 0 Å². The average molecular weight is 423 g/mol. The molecular weight excluding hydrogens is 402 g/mol. The zero-order valence-corrected chi connectivity index (χ0v) is 17.3. The third-order valence-corrected chi connectivity index (χ3v) is 5.65. The van der Waals surface area contributed by atoms with E-state index in [2.05, 4.69) is 48.5 Å². The Morgan fingerprint density at radius 1 is 0.938 bits per heavy atom. The SMILES string of the molecule is c1cnc2ccc(-c3cncc4nc(Nc5ccc(N6CCOCC6)cc5)nn34)cc2c1. The summed E-state index contributed by atoms with van der Waals surface area (Å²) in [4.78, 5) is 15.7. The number of morpholine rings is 1. The van der Waals surface area contributed by atoms with Crippen LogP contribution in [-0.2, 0) is 4.74 Å². The molecule has 0 amide bonds. The summed E-state index contributed by atoms with van der Waals surface area (Å²) >= 11 is 0. The number of pyridine rings is 1. The molecule has 2 aromatic carbocycles. The van der Waals surface area contributed by atoms with Crippen molar-refractivity contribution < 1.29 is 4.74 Å². The smallest absolute Gasteiger partial charge is 0.247 e. The third-order valence-electron chi connectivity index (χ3n) is 5.65. The first kappa shape index (κ1) is 18.7. The van der Waals surface area contributed by atoms with Gasteiger partial charge in [0.1, 0.15) is 0 Å². The lowest BCUT2D eigenvalue weighted by atomic mass is 10.1. The van der Waals surface area contributed by atoms with Gasteiger partial charge in [0.25, 0.3) is 0 Å². The van der Waals surface area contributed by atoms with Crippen molar-refractivity contribution in [2.24, 2.45) is 0 Å². The van der Waals surface area contributed by atoms with E-state index >= 15 is 0 Å². The molecule has 1 aliphatic rings. The van der Waals surface area contributed by atoms with Gasteiger partial charge >= 0.3 is 0 Å². The molecule has 0 bridgehead atoms. The van der Waals surface area contributed by atoms with Crippen LogP contribution in [-0.4, -0.2) is 50.9 Å². The monoisotopic (exact) mass is 423 g/mol. The highest BCUT2D eigenvalue weighted by Gasteiger charge is 2.13. The van der Waals surface area contributed by atoms with Gasteiger partial charge in [-0.15, -0.1) is 5.10 Å². The molecule has 0 saturated carbocycles. The first-order valence-corrected chi connectivity index (χ1v) is 10.6. The van der Waals surface area contributed by atoms with Gasteiger partial charge in [0.15, 0.2) is 5.65 Å². The fourth-order valence-electron chi connectivity index (χ4n) is 4.01. The molecule has 4 heterocycles. The van der Waals surface area contributed by atoms with Gasteiger partial charge < -0.3 is 15.0 Å². The highest BCUT2D eigenvalue weighted by molar-refractivity contribution is 5.83. The van der Waals surface area contributed by atoms with Crippen LogP contribution in [0.2, 0.25) is 0 Å². The van der Waals surface area contributed by atoms with Crippen LogP contribution in [0.1, 0.15) is 0 Å². The summed E-state index contributed by atoms with van der Waals surface area (Å²) in [5, 5.41) is 9.07. The second-order valence-electron chi connectivity index (χ2n) is 7.68. The Labute approximate surface area is 184 Å². The fraction of sp³-hybridized carbons (Fsp3) is 0.167. The molecule has 6 rings (SSSR count). The van der Waals surface area contributed by atoms with Crippen molar-refractivity contribution in [1.29, 1.82) is 0 Å². The van der Waals surface area contributed by atoms with E-state index in [1.807, 2.05) is 40.9 Å². The van der Waals surface area contributed by atoms with Gasteiger partial charge in [-0.25, -0.2) is 4.52 Å². The highest BCUT2D eigenvalue weighted by atomic mass is 16.5. The molecule has 0 unspecified atom stereocenters. The van der Waals surface area contributed by atoms with E-state index in [0.29, 0.717) is 11.6 Å². The minimum Gasteiger partial charge on any atom is -0.378 e. The van der Waals surface area contributed by atoms with E-state index in [1.54, 1.807) is 18.6 Å². The summed E-state index contributed by atoms with van der Waals surface area (Å²) in [6.45, 7) is 3.38. The average Bonchev–Trinajstić information content (AvgIpc) is 3.27. The maximum Gasteiger partial charge on any atom is 0.247 e. The minimum absolute atomic E-state index is 0.529. The largest absolute Gasteiger partial charge is 0.378 e. The number of ether oxygens (including phenoxy) is 1. The lowest BCUT2D eigenvalue weighted by molar-refractivity contribution is 0.122. The highest BCUT2D eigenvalue weighted by Crippen LogP contribution is 2.25. The number of hydrogen-bond acceptors (Lipinski definition) is 7. The first-order valence-electron chi connectivity index (χ1n) is 10.6. The summed E-state index contributed by atoms with van der Waals surface area (Å²) in [5.74, 6) is 0.529. The Balaban J connectivity index is 1.29. The number of anilines is 3. The molecule has 158 valence electrons. The van der Waals surface area contributed by atoms with Crippen molar-refractivity contribution in [3.63, 3.8) is 0 Å². The van der Waals surface area contributed by atoms with E-state index in [0.717, 1.165) is 54.2 Å². The van der Waals surface area contributed by atoms with Crippen molar-refractivity contribution in [3.05, 3.63) is 73.2 Å². The number of benzene rings is 2. The van der Waals surface area contributed by atoms with Crippen LogP contribution >= 0.6 is 0 Å². The number of hydrogen-bond donors (Lipinski definition) is 1. The number of rotatable bonds is 4. The van der Waals surface area contributed by atoms with E-state index in [-0.39, 0.29) is 0 Å². The van der Waals surface area contributed by atoms with Crippen molar-refractivity contribution in [1.82, 2.24) is 24.6 Å². The normalized spacial score (nSPS) is 14.2. The summed E-state index contributed by atoms with van der Waals surface area (Å²) in [6, 6.07) is 18.4. The minimum atomic E-state index is 0.529. The van der Waals surface area contributed by atoms with Crippen LogP contribution in [0.5, 0.6) is 0 Å². The molecule has 3 aromatic heterocycles. The Bertz CT molecular complexity index is 1390. The zero-order valence-electron chi connectivity index (χ0n) is 17.3. The molecule has 0 radical (unpaired) electrons. The predicted octanol–water partition coefficient (Wildman–Crippen LogP) is 3.92. The number of nitrogens with one attached hydrogen (secondary N) is 1. The van der Waals surface area contributed by atoms with E-state index in [4.69, 9.17) is 4.74 Å². The van der Waals surface area contributed by atoms with Gasteiger partial charge in [-0.1, -0.05) is 12.1 Å². The number of fused-ring (bicyclic) bond motifs is 2. The topological polar surface area (TPSA) is 80.5 Å². The molecule has 8 nitrogen and oxygen atoms in total. The summed E-state index contributed by atoms with van der Waals surface area (Å²) < 4.78 is 7.25. The molecule has 5 aromatic rings. The maximum absolute atomic E-state index is 5.43. The Hall–Kier alpha value is -4.04.